The fraction of sp³-hybridized carbons (Fsp3) is 0. The topological polar surface area (TPSA) is 45.8 Å². The highest BCUT2D eigenvalue weighted by molar-refractivity contribution is 6.42. The van der Waals surface area contributed by atoms with Crippen molar-refractivity contribution in [3.63, 3.8) is 0 Å². The lowest BCUT2D eigenvalue weighted by molar-refractivity contribution is 0.104. The minimum Gasteiger partial charge on any atom is -0.289 e. The van der Waals surface area contributed by atoms with Gasteiger partial charge < -0.3 is 0 Å². The van der Waals surface area contributed by atoms with E-state index in [4.69, 9.17) is 46.4 Å². The van der Waals surface area contributed by atoms with Crippen LogP contribution in [-0.4, -0.2) is 16.0 Å². The highest BCUT2D eigenvalue weighted by Gasteiger charge is 2.07. The lowest BCUT2D eigenvalue weighted by atomic mass is 10.1. The van der Waals surface area contributed by atoms with Crippen LogP contribution in [0.1, 0.15) is 16.1 Å². The Morgan fingerprint density at radius 2 is 1.56 bits per heavy atom. The molecule has 7 heteroatoms. The van der Waals surface area contributed by atoms with E-state index in [9.17, 15) is 4.79 Å². The molecule has 0 radical (unpaired) electrons. The van der Waals surface area contributed by atoms with Gasteiger partial charge in [0.05, 0.1) is 31.5 Å². The molecular weight excluding hydrogens is 402 g/mol. The van der Waals surface area contributed by atoms with Gasteiger partial charge in [0.15, 0.2) is 5.78 Å². The van der Waals surface area contributed by atoms with Crippen molar-refractivity contribution in [3.05, 3.63) is 79.9 Å². The first-order chi connectivity index (χ1) is 11.9. The molecule has 0 unspecified atom stereocenters. The molecule has 3 rings (SSSR count). The summed E-state index contributed by atoms with van der Waals surface area (Å²) in [5.41, 5.74) is 2.64. The summed E-state index contributed by atoms with van der Waals surface area (Å²) < 4.78 is 0. The zero-order chi connectivity index (χ0) is 18.0. The summed E-state index contributed by atoms with van der Waals surface area (Å²) in [6, 6.07) is 11.8. The van der Waals surface area contributed by atoms with Crippen LogP contribution in [0.3, 0.4) is 0 Å². The number of allylic oxidation sites excluding steroid dienone is 1. The molecule has 1 N–H and O–H groups in total. The molecule has 0 spiro atoms. The smallest absolute Gasteiger partial charge is 0.185 e. The summed E-state index contributed by atoms with van der Waals surface area (Å²) in [4.78, 5) is 12.2. The molecule has 0 aliphatic carbocycles. The molecule has 0 bridgehead atoms. The minimum absolute atomic E-state index is 0.191. The number of H-pyrrole nitrogens is 1. The fourth-order valence-electron chi connectivity index (χ4n) is 2.14. The van der Waals surface area contributed by atoms with Crippen molar-refractivity contribution in [2.75, 3.05) is 0 Å². The van der Waals surface area contributed by atoms with Crippen molar-refractivity contribution in [1.29, 1.82) is 0 Å². The van der Waals surface area contributed by atoms with Gasteiger partial charge in [-0.2, -0.15) is 5.10 Å². The molecule has 0 atom stereocenters. The van der Waals surface area contributed by atoms with Gasteiger partial charge in [0.2, 0.25) is 0 Å². The van der Waals surface area contributed by atoms with E-state index in [1.54, 1.807) is 36.4 Å². The van der Waals surface area contributed by atoms with Gasteiger partial charge in [-0.3, -0.25) is 9.89 Å². The number of benzene rings is 2. The number of carbonyl (C=O) groups excluding carboxylic acids is 1. The number of rotatable bonds is 4. The van der Waals surface area contributed by atoms with E-state index >= 15 is 0 Å². The molecule has 25 heavy (non-hydrogen) atoms. The van der Waals surface area contributed by atoms with Gasteiger partial charge in [-0.15, -0.1) is 0 Å². The second kappa shape index (κ2) is 7.63. The molecule has 0 aliphatic rings. The monoisotopic (exact) mass is 410 g/mol. The third kappa shape index (κ3) is 4.25. The van der Waals surface area contributed by atoms with Crippen LogP contribution in [0.15, 0.2) is 48.5 Å². The lowest BCUT2D eigenvalue weighted by Gasteiger charge is -1.99. The summed E-state index contributed by atoms with van der Waals surface area (Å²) in [5.74, 6) is -0.191. The SMILES string of the molecule is O=C(C=Cc1cc(-c2ccc(Cl)c(Cl)c2)n[nH]1)c1ccc(Cl)c(Cl)c1. The first-order valence-electron chi connectivity index (χ1n) is 7.12. The van der Waals surface area contributed by atoms with Gasteiger partial charge >= 0.3 is 0 Å². The summed E-state index contributed by atoms with van der Waals surface area (Å²) in [5, 5.41) is 8.73. The Balaban J connectivity index is 1.78. The van der Waals surface area contributed by atoms with Gasteiger partial charge in [0.1, 0.15) is 0 Å². The van der Waals surface area contributed by atoms with E-state index in [1.165, 1.54) is 12.1 Å². The Labute approximate surface area is 164 Å². The van der Waals surface area contributed by atoms with Crippen LogP contribution in [0.5, 0.6) is 0 Å². The molecule has 0 amide bonds. The van der Waals surface area contributed by atoms with Crippen LogP contribution < -0.4 is 0 Å². The Bertz CT molecular complexity index is 979. The Kier molecular flexibility index (Phi) is 5.50. The first-order valence-corrected chi connectivity index (χ1v) is 8.63. The zero-order valence-electron chi connectivity index (χ0n) is 12.6. The number of aromatic nitrogens is 2. The van der Waals surface area contributed by atoms with Gasteiger partial charge in [0.25, 0.3) is 0 Å². The number of carbonyl (C=O) groups is 1. The van der Waals surface area contributed by atoms with E-state index in [1.807, 2.05) is 6.07 Å². The number of ketones is 1. The van der Waals surface area contributed by atoms with Crippen molar-refractivity contribution in [2.24, 2.45) is 0 Å². The van der Waals surface area contributed by atoms with E-state index in [0.29, 0.717) is 37.0 Å². The number of nitrogens with one attached hydrogen (secondary N) is 1. The molecule has 1 heterocycles. The molecule has 3 nitrogen and oxygen atoms in total. The maximum Gasteiger partial charge on any atom is 0.185 e. The van der Waals surface area contributed by atoms with E-state index < -0.39 is 0 Å². The molecule has 126 valence electrons. The molecule has 1 aromatic heterocycles. The number of nitrogens with zero attached hydrogens (tertiary/aromatic N) is 1. The largest absolute Gasteiger partial charge is 0.289 e. The normalized spacial score (nSPS) is 11.2. The third-order valence-corrected chi connectivity index (χ3v) is 4.91. The lowest BCUT2D eigenvalue weighted by Crippen LogP contribution is -1.93. The predicted octanol–water partition coefficient (Wildman–Crippen LogP) is 6.59. The van der Waals surface area contributed by atoms with Gasteiger partial charge in [-0.05, 0) is 48.6 Å². The minimum atomic E-state index is -0.191. The number of aromatic amines is 1. The second-order valence-electron chi connectivity index (χ2n) is 5.16. The molecule has 0 fully saturated rings. The maximum atomic E-state index is 12.2. The summed E-state index contributed by atoms with van der Waals surface area (Å²) >= 11 is 23.7. The number of hydrogen-bond donors (Lipinski definition) is 1. The average molecular weight is 412 g/mol. The maximum absolute atomic E-state index is 12.2. The average Bonchev–Trinajstić information content (AvgIpc) is 3.06. The Hall–Kier alpha value is -1.78. The van der Waals surface area contributed by atoms with Crippen LogP contribution in [0.25, 0.3) is 17.3 Å². The summed E-state index contributed by atoms with van der Waals surface area (Å²) in [7, 11) is 0. The molecule has 0 saturated carbocycles. The molecule has 3 aromatic rings. The van der Waals surface area contributed by atoms with Gasteiger partial charge in [-0.25, -0.2) is 0 Å². The van der Waals surface area contributed by atoms with Crippen LogP contribution in [0.4, 0.5) is 0 Å². The fourth-order valence-corrected chi connectivity index (χ4v) is 2.73. The zero-order valence-corrected chi connectivity index (χ0v) is 15.6. The van der Waals surface area contributed by atoms with E-state index in [2.05, 4.69) is 10.2 Å². The third-order valence-electron chi connectivity index (χ3n) is 3.43. The summed E-state index contributed by atoms with van der Waals surface area (Å²) in [6.07, 6.45) is 3.07. The van der Waals surface area contributed by atoms with Gasteiger partial charge in [0, 0.05) is 11.1 Å². The van der Waals surface area contributed by atoms with Crippen molar-refractivity contribution in [1.82, 2.24) is 10.2 Å². The molecule has 0 saturated heterocycles. The van der Waals surface area contributed by atoms with Crippen LogP contribution in [0, 0.1) is 0 Å². The molecular formula is C18H10Cl4N2O. The molecule has 2 aromatic carbocycles. The first kappa shape index (κ1) is 18.0. The number of hydrogen-bond acceptors (Lipinski definition) is 2. The highest BCUT2D eigenvalue weighted by atomic mass is 35.5. The second-order valence-corrected chi connectivity index (χ2v) is 6.79. The predicted molar refractivity (Wildman–Crippen MR) is 104 cm³/mol. The number of halogens is 4. The van der Waals surface area contributed by atoms with Crippen LogP contribution in [-0.2, 0) is 0 Å². The summed E-state index contributed by atoms with van der Waals surface area (Å²) in [6.45, 7) is 0. The Morgan fingerprint density at radius 3 is 2.24 bits per heavy atom. The van der Waals surface area contributed by atoms with Crippen LogP contribution >= 0.6 is 46.4 Å². The van der Waals surface area contributed by atoms with Gasteiger partial charge in [-0.1, -0.05) is 52.5 Å². The quantitative estimate of drug-likeness (QED) is 0.389. The Morgan fingerprint density at radius 1 is 0.880 bits per heavy atom. The van der Waals surface area contributed by atoms with Crippen molar-refractivity contribution < 1.29 is 4.79 Å². The standard InChI is InChI=1S/C18H10Cl4N2O/c19-13-4-1-10(7-15(13)21)17-9-12(23-24-17)3-6-18(25)11-2-5-14(20)16(22)8-11/h1-9H,(H,23,24). The van der Waals surface area contributed by atoms with E-state index in [0.717, 1.165) is 5.56 Å². The molecule has 0 aliphatic heterocycles. The van der Waals surface area contributed by atoms with E-state index in [-0.39, 0.29) is 5.78 Å². The highest BCUT2D eigenvalue weighted by Crippen LogP contribution is 2.28. The van der Waals surface area contributed by atoms with Crippen molar-refractivity contribution >= 4 is 58.3 Å². The van der Waals surface area contributed by atoms with Crippen LogP contribution in [0.2, 0.25) is 20.1 Å². The van der Waals surface area contributed by atoms with Crippen molar-refractivity contribution in [3.8, 4) is 11.3 Å². The van der Waals surface area contributed by atoms with Crippen molar-refractivity contribution in [2.45, 2.75) is 0 Å².